The van der Waals surface area contributed by atoms with Gasteiger partial charge < -0.3 is 33.7 Å². The Hall–Kier alpha value is -5.30. The first-order chi connectivity index (χ1) is 33.0. The van der Waals surface area contributed by atoms with E-state index in [9.17, 15) is 4.79 Å². The lowest BCUT2D eigenvalue weighted by Crippen LogP contribution is -2.57. The Morgan fingerprint density at radius 1 is 0.942 bits per heavy atom. The molecule has 15 heteroatoms. The molecule has 0 saturated carbocycles. The van der Waals surface area contributed by atoms with Gasteiger partial charge in [0.15, 0.2) is 12.6 Å². The Kier molecular flexibility index (Phi) is 15.2. The van der Waals surface area contributed by atoms with Gasteiger partial charge in [0.1, 0.15) is 48.9 Å². The largest absolute Gasteiger partial charge is 0.468 e. The van der Waals surface area contributed by atoms with Crippen LogP contribution in [0.5, 0.6) is 11.8 Å². The molecule has 12 nitrogen and oxygen atoms in total. The van der Waals surface area contributed by atoms with Gasteiger partial charge in [-0.05, 0) is 131 Å². The number of nitrogens with zero attached hydrogens (tertiary/aromatic N) is 6. The Balaban J connectivity index is 1.23. The average Bonchev–Trinajstić information content (AvgIpc) is 3.87. The second-order valence-corrected chi connectivity index (χ2v) is 26.8. The fourth-order valence-corrected chi connectivity index (χ4v) is 16.6. The molecule has 1 amide bonds. The van der Waals surface area contributed by atoms with Gasteiger partial charge in [-0.1, -0.05) is 53.5 Å². The smallest absolute Gasteiger partial charge is 0.410 e. The highest BCUT2D eigenvalue weighted by Gasteiger charge is 2.45. The molecule has 0 unspecified atom stereocenters. The van der Waals surface area contributed by atoms with Crippen LogP contribution in [-0.2, 0) is 22.6 Å². The van der Waals surface area contributed by atoms with Crippen LogP contribution in [0.25, 0.3) is 32.9 Å². The highest BCUT2D eigenvalue weighted by molar-refractivity contribution is 6.90. The van der Waals surface area contributed by atoms with Crippen LogP contribution >= 0.6 is 0 Å². The van der Waals surface area contributed by atoms with E-state index < -0.39 is 25.3 Å². The zero-order valence-electron chi connectivity index (χ0n) is 42.3. The van der Waals surface area contributed by atoms with E-state index in [1.165, 1.54) is 32.4 Å². The molecule has 2 atom stereocenters. The van der Waals surface area contributed by atoms with Crippen LogP contribution in [0.3, 0.4) is 0 Å². The van der Waals surface area contributed by atoms with Crippen molar-refractivity contribution >= 4 is 41.7 Å². The van der Waals surface area contributed by atoms with Crippen LogP contribution in [0.1, 0.15) is 112 Å². The molecule has 0 radical (unpaired) electrons. The highest BCUT2D eigenvalue weighted by atomic mass is 28.3. The minimum absolute atomic E-state index is 0.00511. The summed E-state index contributed by atoms with van der Waals surface area (Å²) in [4.78, 5) is 32.1. The summed E-state index contributed by atoms with van der Waals surface area (Å²) in [7, 11) is -0.797. The van der Waals surface area contributed by atoms with Crippen LogP contribution in [0, 0.1) is 29.0 Å². The maximum atomic E-state index is 18.0. The number of hydrogen-bond donors (Lipinski definition) is 1. The monoisotopic (exact) mass is 964 g/mol. The van der Waals surface area contributed by atoms with E-state index in [2.05, 4.69) is 74.0 Å². The molecule has 3 fully saturated rings. The Morgan fingerprint density at radius 2 is 1.65 bits per heavy atom. The topological polar surface area (TPSA) is 116 Å². The number of pyridine rings is 1. The predicted octanol–water partition coefficient (Wildman–Crippen LogP) is 11.4. The number of hydrogen-bond acceptors (Lipinski definition) is 10. The number of halogens is 2. The number of amides is 1. The number of aryl methyl sites for hydroxylation is 1. The summed E-state index contributed by atoms with van der Waals surface area (Å²) < 4.78 is 60.2. The standard InChI is InChI=1S/C54H71F2N7O5Si/c1-34(2)69(35(3)4,36(5)6)26-21-43-46(55)18-15-38-27-42(67-33-65-10)28-44(47(38)43)49-48(56)50-45(29-58-49)51(62-30-39-16-17-40(31-62)63(39)53(64)68-54(7,8)9)60-52(59-50)66-32-41-14-12-25-61(41)24-11-13-37-19-22-57-23-20-37/h12,14-15,18,25,27-29,34-37,39-40,57H,11,13,16-17,19-20,22-24,30-33H2,1-10H3/t39-,40-/m0/s1. The average molecular weight is 964 g/mol. The van der Waals surface area contributed by atoms with Gasteiger partial charge in [-0.3, -0.25) is 9.88 Å². The van der Waals surface area contributed by atoms with Crippen molar-refractivity contribution in [2.45, 2.75) is 148 Å². The summed E-state index contributed by atoms with van der Waals surface area (Å²) in [5.41, 5.74) is 5.40. The third kappa shape index (κ3) is 10.6. The van der Waals surface area contributed by atoms with Crippen molar-refractivity contribution < 1.29 is 32.5 Å². The number of benzene rings is 2. The molecular formula is C54H71F2N7O5Si. The predicted molar refractivity (Wildman–Crippen MR) is 271 cm³/mol. The summed E-state index contributed by atoms with van der Waals surface area (Å²) >= 11 is 0. The van der Waals surface area contributed by atoms with Crippen molar-refractivity contribution in [2.75, 3.05) is 45.0 Å². The number of aromatic nitrogens is 4. The first kappa shape index (κ1) is 50.1. The second-order valence-electron chi connectivity index (χ2n) is 21.2. The maximum Gasteiger partial charge on any atom is 0.410 e. The molecule has 3 aliphatic rings. The number of anilines is 1. The van der Waals surface area contributed by atoms with Crippen molar-refractivity contribution in [3.05, 3.63) is 71.7 Å². The van der Waals surface area contributed by atoms with Gasteiger partial charge in [-0.15, -0.1) is 5.54 Å². The Labute approximate surface area is 407 Å². The third-order valence-corrected chi connectivity index (χ3v) is 21.0. The number of carbonyl (C=O) groups is 1. The van der Waals surface area contributed by atoms with Crippen molar-refractivity contribution in [2.24, 2.45) is 5.92 Å². The molecule has 0 aliphatic carbocycles. The molecule has 370 valence electrons. The lowest BCUT2D eigenvalue weighted by atomic mass is 9.93. The van der Waals surface area contributed by atoms with Crippen LogP contribution in [0.2, 0.25) is 16.6 Å². The number of rotatable bonds is 15. The van der Waals surface area contributed by atoms with E-state index in [1.807, 2.05) is 37.8 Å². The van der Waals surface area contributed by atoms with E-state index in [1.54, 1.807) is 24.4 Å². The molecule has 2 aromatic carbocycles. The van der Waals surface area contributed by atoms with Crippen LogP contribution < -0.4 is 19.7 Å². The fraction of sp³-hybridized carbons (Fsp3) is 0.556. The molecule has 3 saturated heterocycles. The van der Waals surface area contributed by atoms with Gasteiger partial charge in [0, 0.05) is 50.1 Å². The first-order valence-electron chi connectivity index (χ1n) is 25.0. The van der Waals surface area contributed by atoms with Crippen molar-refractivity contribution in [3.8, 4) is 34.5 Å². The third-order valence-electron chi connectivity index (χ3n) is 14.7. The van der Waals surface area contributed by atoms with Crippen LogP contribution in [-0.4, -0.2) is 96.4 Å². The zero-order chi connectivity index (χ0) is 49.2. The first-order valence-corrected chi connectivity index (χ1v) is 27.2. The molecule has 8 rings (SSSR count). The minimum atomic E-state index is -2.32. The SMILES string of the molecule is COCOc1cc(-c2ncc3c(N4C[C@@H]5CC[C@@H](C4)N5C(=O)OC(C)(C)C)nc(OCc4cccn4CCCC4CCNCC4)nc3c2F)c2c(C#C[Si](C(C)C)(C(C)C)C(C)C)c(F)ccc2c1. The van der Waals surface area contributed by atoms with E-state index in [-0.39, 0.29) is 54.4 Å². The lowest BCUT2D eigenvalue weighted by Gasteiger charge is -2.42. The highest BCUT2D eigenvalue weighted by Crippen LogP contribution is 2.43. The number of piperazine rings is 1. The van der Waals surface area contributed by atoms with Crippen molar-refractivity contribution in [1.29, 1.82) is 0 Å². The van der Waals surface area contributed by atoms with Gasteiger partial charge in [-0.25, -0.2) is 13.6 Å². The number of carbonyl (C=O) groups excluding carboxylic acids is 1. The van der Waals surface area contributed by atoms with E-state index in [0.29, 0.717) is 63.0 Å². The van der Waals surface area contributed by atoms with Crippen LogP contribution in [0.15, 0.2) is 48.8 Å². The van der Waals surface area contributed by atoms with Crippen molar-refractivity contribution in [3.63, 3.8) is 0 Å². The lowest BCUT2D eigenvalue weighted by molar-refractivity contribution is 0.0122. The molecule has 5 aromatic rings. The molecule has 6 heterocycles. The Morgan fingerprint density at radius 3 is 2.32 bits per heavy atom. The number of ether oxygens (including phenoxy) is 4. The van der Waals surface area contributed by atoms with Gasteiger partial charge in [0.25, 0.3) is 0 Å². The number of fused-ring (bicyclic) bond motifs is 4. The van der Waals surface area contributed by atoms with Gasteiger partial charge in [-0.2, -0.15) is 9.97 Å². The van der Waals surface area contributed by atoms with Gasteiger partial charge >= 0.3 is 12.1 Å². The quantitative estimate of drug-likeness (QED) is 0.0618. The summed E-state index contributed by atoms with van der Waals surface area (Å²) in [6.07, 6.45) is 9.56. The number of nitrogens with one attached hydrogen (secondary N) is 1. The van der Waals surface area contributed by atoms with Crippen molar-refractivity contribution in [1.82, 2.24) is 29.7 Å². The maximum absolute atomic E-state index is 18.0. The molecule has 3 aliphatic heterocycles. The zero-order valence-corrected chi connectivity index (χ0v) is 43.3. The molecule has 0 spiro atoms. The van der Waals surface area contributed by atoms with Gasteiger partial charge in [0.05, 0.1) is 28.7 Å². The van der Waals surface area contributed by atoms with Gasteiger partial charge in [0.2, 0.25) is 0 Å². The molecule has 69 heavy (non-hydrogen) atoms. The van der Waals surface area contributed by atoms with E-state index in [4.69, 9.17) is 33.9 Å². The molecule has 3 aromatic heterocycles. The summed E-state index contributed by atoms with van der Waals surface area (Å²) in [6, 6.07) is 10.3. The summed E-state index contributed by atoms with van der Waals surface area (Å²) in [6.45, 7) is 22.9. The summed E-state index contributed by atoms with van der Waals surface area (Å²) in [5.74, 6) is 3.73. The second kappa shape index (κ2) is 21.0. The van der Waals surface area contributed by atoms with E-state index in [0.717, 1.165) is 50.5 Å². The fourth-order valence-electron chi connectivity index (χ4n) is 11.4. The number of methoxy groups -OCH3 is 1. The van der Waals surface area contributed by atoms with E-state index >= 15 is 8.78 Å². The molecular weight excluding hydrogens is 893 g/mol. The van der Waals surface area contributed by atoms with Crippen LogP contribution in [0.4, 0.5) is 19.4 Å². The molecule has 2 bridgehead atoms. The number of piperidine rings is 1. The Bertz CT molecular complexity index is 2670. The summed E-state index contributed by atoms with van der Waals surface area (Å²) in [5, 5.41) is 4.89. The normalized spacial score (nSPS) is 17.9. The molecule has 1 N–H and O–H groups in total. The minimum Gasteiger partial charge on any atom is -0.468 e.